The van der Waals surface area contributed by atoms with E-state index in [4.69, 9.17) is 9.47 Å². The lowest BCUT2D eigenvalue weighted by Crippen LogP contribution is -2.56. The first kappa shape index (κ1) is 33.4. The van der Waals surface area contributed by atoms with Gasteiger partial charge in [0.05, 0.1) is 30.0 Å². The number of amides is 3. The zero-order valence-corrected chi connectivity index (χ0v) is 25.2. The number of hydroxylamine groups is 1. The fourth-order valence-electron chi connectivity index (χ4n) is 4.68. The average Bonchev–Trinajstić information content (AvgIpc) is 2.98. The molecule has 1 aromatic heterocycles. The van der Waals surface area contributed by atoms with Gasteiger partial charge in [0.15, 0.2) is 0 Å². The molecular weight excluding hydrogens is 554 g/mol. The Morgan fingerprint density at radius 2 is 1.72 bits per heavy atom. The number of carbonyl (C=O) groups is 3. The van der Waals surface area contributed by atoms with E-state index >= 15 is 0 Å². The molecule has 43 heavy (non-hydrogen) atoms. The van der Waals surface area contributed by atoms with Crippen molar-refractivity contribution in [1.82, 2.24) is 26.1 Å². The molecule has 0 aliphatic rings. The van der Waals surface area contributed by atoms with Crippen molar-refractivity contribution in [2.75, 3.05) is 13.7 Å². The van der Waals surface area contributed by atoms with Crippen molar-refractivity contribution in [1.29, 1.82) is 0 Å². The first-order chi connectivity index (χ1) is 20.4. The normalized spacial score (nSPS) is 13.6. The van der Waals surface area contributed by atoms with Crippen LogP contribution in [0.5, 0.6) is 0 Å². The Labute approximate surface area is 250 Å². The molecule has 12 heteroatoms. The number of fused-ring (bicyclic) bond motifs is 1. The van der Waals surface area contributed by atoms with Gasteiger partial charge in [-0.15, -0.1) is 0 Å². The van der Waals surface area contributed by atoms with Crippen LogP contribution in [0.15, 0.2) is 53.3 Å². The van der Waals surface area contributed by atoms with Gasteiger partial charge in [-0.05, 0) is 48.4 Å². The van der Waals surface area contributed by atoms with Crippen LogP contribution in [0.1, 0.15) is 50.6 Å². The van der Waals surface area contributed by atoms with E-state index in [2.05, 4.69) is 20.6 Å². The largest absolute Gasteiger partial charge is 0.377 e. The molecule has 0 unspecified atom stereocenters. The molecule has 1 heterocycles. The smallest absolute Gasteiger partial charge is 0.273 e. The van der Waals surface area contributed by atoms with Crippen molar-refractivity contribution in [3.8, 4) is 0 Å². The molecule has 0 aliphatic carbocycles. The quantitative estimate of drug-likeness (QED) is 0.107. The molecule has 3 atom stereocenters. The topological polar surface area (TPSA) is 172 Å². The number of aryl methyl sites for hydroxylation is 1. The number of carbonyl (C=O) groups excluding carboxylic acids is 3. The first-order valence-electron chi connectivity index (χ1n) is 14.1. The molecular formula is C31H41N5O7. The number of benzene rings is 2. The molecule has 0 aliphatic heterocycles. The van der Waals surface area contributed by atoms with Gasteiger partial charge in [0.25, 0.3) is 11.5 Å². The van der Waals surface area contributed by atoms with Crippen LogP contribution in [0.4, 0.5) is 0 Å². The van der Waals surface area contributed by atoms with Crippen LogP contribution in [0, 0.1) is 18.3 Å². The van der Waals surface area contributed by atoms with Crippen molar-refractivity contribution in [2.45, 2.75) is 65.9 Å². The zero-order chi connectivity index (χ0) is 31.6. The summed E-state index contributed by atoms with van der Waals surface area (Å²) in [5.74, 6) is -2.51. The molecule has 5 N–H and O–H groups in total. The van der Waals surface area contributed by atoms with E-state index in [1.807, 2.05) is 51.1 Å². The molecule has 0 spiro atoms. The number of nitrogens with one attached hydrogen (secondary N) is 4. The van der Waals surface area contributed by atoms with Crippen LogP contribution in [0.25, 0.3) is 10.9 Å². The van der Waals surface area contributed by atoms with Crippen molar-refractivity contribution in [3.63, 3.8) is 0 Å². The van der Waals surface area contributed by atoms with E-state index in [1.54, 1.807) is 30.6 Å². The maximum atomic E-state index is 13.7. The highest BCUT2D eigenvalue weighted by molar-refractivity contribution is 5.92. The number of likely N-dealkylation sites (N-methyl/N-ethyl adjacent to an activating group) is 1. The number of aromatic nitrogens is 2. The van der Waals surface area contributed by atoms with Crippen molar-refractivity contribution < 1.29 is 29.1 Å². The highest BCUT2D eigenvalue weighted by atomic mass is 16.5. The minimum atomic E-state index is -1.42. The van der Waals surface area contributed by atoms with Crippen molar-refractivity contribution >= 4 is 28.6 Å². The molecule has 0 bridgehead atoms. The number of nitrogens with zero attached hydrogens (tertiary/aromatic N) is 1. The van der Waals surface area contributed by atoms with E-state index in [9.17, 15) is 24.4 Å². The van der Waals surface area contributed by atoms with Crippen LogP contribution in [0.3, 0.4) is 0 Å². The van der Waals surface area contributed by atoms with Crippen LogP contribution in [-0.2, 0) is 37.1 Å². The second kappa shape index (κ2) is 15.4. The average molecular weight is 596 g/mol. The van der Waals surface area contributed by atoms with Crippen LogP contribution >= 0.6 is 0 Å². The monoisotopic (exact) mass is 595 g/mol. The lowest BCUT2D eigenvalue weighted by Gasteiger charge is -2.32. The summed E-state index contributed by atoms with van der Waals surface area (Å²) in [6, 6.07) is 13.7. The maximum absolute atomic E-state index is 13.7. The fourth-order valence-corrected chi connectivity index (χ4v) is 4.68. The van der Waals surface area contributed by atoms with E-state index in [-0.39, 0.29) is 24.5 Å². The Morgan fingerprint density at radius 3 is 2.37 bits per heavy atom. The van der Waals surface area contributed by atoms with Gasteiger partial charge in [0.2, 0.25) is 11.8 Å². The molecule has 0 saturated carbocycles. The molecule has 0 fully saturated rings. The highest BCUT2D eigenvalue weighted by Gasteiger charge is 2.39. The third-order valence-corrected chi connectivity index (χ3v) is 6.97. The number of ether oxygens (including phenoxy) is 2. The van der Waals surface area contributed by atoms with Gasteiger partial charge in [0.1, 0.15) is 18.0 Å². The highest BCUT2D eigenvalue weighted by Crippen LogP contribution is 2.23. The fraction of sp³-hybridized carbons (Fsp3) is 0.452. The standard InChI is InChI=1S/C31H41N5O7/c1-19-33-24-14-13-21(16-23(24)28(38)34-19)18-43-25(29(39)36-41)22(12-9-15-42-17-20-10-7-6-8-11-20)27(37)35-26(30(40)32-5)31(2,3)4/h6-8,10-11,13-14,16,22,25-26,41H,9,12,15,17-18H2,1-5H3,(H,32,40)(H,35,37)(H,36,39)(H,33,34,38)/t22-,25-,26+/m0/s1. The number of aromatic amines is 1. The summed E-state index contributed by atoms with van der Waals surface area (Å²) in [6.45, 7) is 7.65. The Hall–Kier alpha value is -4.13. The van der Waals surface area contributed by atoms with Crippen molar-refractivity contribution in [3.05, 3.63) is 75.8 Å². The summed E-state index contributed by atoms with van der Waals surface area (Å²) in [6.07, 6.45) is -0.876. The Balaban J connectivity index is 1.82. The summed E-state index contributed by atoms with van der Waals surface area (Å²) < 4.78 is 11.7. The predicted molar refractivity (Wildman–Crippen MR) is 160 cm³/mol. The zero-order valence-electron chi connectivity index (χ0n) is 25.2. The van der Waals surface area contributed by atoms with Crippen LogP contribution < -0.4 is 21.7 Å². The number of hydrogen-bond acceptors (Lipinski definition) is 8. The summed E-state index contributed by atoms with van der Waals surface area (Å²) in [7, 11) is 1.48. The first-order valence-corrected chi connectivity index (χ1v) is 14.1. The second-order valence-corrected chi connectivity index (χ2v) is 11.4. The Kier molecular flexibility index (Phi) is 11.9. The van der Waals surface area contributed by atoms with E-state index in [0.717, 1.165) is 5.56 Å². The lowest BCUT2D eigenvalue weighted by molar-refractivity contribution is -0.153. The Morgan fingerprint density at radius 1 is 1.00 bits per heavy atom. The van der Waals surface area contributed by atoms with Gasteiger partial charge in [0, 0.05) is 13.7 Å². The maximum Gasteiger partial charge on any atom is 0.273 e. The summed E-state index contributed by atoms with van der Waals surface area (Å²) in [5.41, 5.74) is 2.71. The second-order valence-electron chi connectivity index (χ2n) is 11.4. The van der Waals surface area contributed by atoms with Gasteiger partial charge in [-0.25, -0.2) is 10.5 Å². The van der Waals surface area contributed by atoms with Crippen molar-refractivity contribution in [2.24, 2.45) is 11.3 Å². The van der Waals surface area contributed by atoms with Gasteiger partial charge < -0.3 is 25.1 Å². The van der Waals surface area contributed by atoms with Crippen LogP contribution in [0.2, 0.25) is 0 Å². The van der Waals surface area contributed by atoms with E-state index in [1.165, 1.54) is 7.05 Å². The minimum absolute atomic E-state index is 0.145. The molecule has 12 nitrogen and oxygen atoms in total. The van der Waals surface area contributed by atoms with Gasteiger partial charge in [-0.3, -0.25) is 24.4 Å². The molecule has 3 rings (SSSR count). The third-order valence-electron chi connectivity index (χ3n) is 6.97. The molecule has 0 radical (unpaired) electrons. The SMILES string of the molecule is CNC(=O)[C@@H](NC(=O)[C@@H](CCCOCc1ccccc1)[C@H](OCc1ccc2nc(C)[nH]c(=O)c2c1)C(=O)NO)C(C)(C)C. The number of rotatable bonds is 14. The van der Waals surface area contributed by atoms with Gasteiger partial charge in [-0.2, -0.15) is 0 Å². The van der Waals surface area contributed by atoms with Crippen LogP contribution in [-0.4, -0.2) is 58.7 Å². The lowest BCUT2D eigenvalue weighted by atomic mass is 9.85. The number of hydrogen-bond donors (Lipinski definition) is 5. The molecule has 3 amide bonds. The predicted octanol–water partition coefficient (Wildman–Crippen LogP) is 2.51. The Bertz CT molecular complexity index is 1450. The summed E-state index contributed by atoms with van der Waals surface area (Å²) >= 11 is 0. The molecule has 3 aromatic rings. The molecule has 2 aromatic carbocycles. The molecule has 0 saturated heterocycles. The summed E-state index contributed by atoms with van der Waals surface area (Å²) in [4.78, 5) is 58.6. The minimum Gasteiger partial charge on any atom is -0.377 e. The van der Waals surface area contributed by atoms with Gasteiger partial charge >= 0.3 is 0 Å². The third kappa shape index (κ3) is 9.43. The van der Waals surface area contributed by atoms with E-state index < -0.39 is 35.3 Å². The summed E-state index contributed by atoms with van der Waals surface area (Å²) in [5, 5.41) is 15.3. The van der Waals surface area contributed by atoms with E-state index in [0.29, 0.717) is 41.9 Å². The molecule has 232 valence electrons. The van der Waals surface area contributed by atoms with Gasteiger partial charge in [-0.1, -0.05) is 57.2 Å². The number of H-pyrrole nitrogens is 1.